The molecule has 13 heavy (non-hydrogen) atoms. The largest absolute Gasteiger partial charge is 0.0799 e. The molecule has 0 fully saturated rings. The van der Waals surface area contributed by atoms with Gasteiger partial charge < -0.3 is 0 Å². The Hall–Kier alpha value is -0.260. The van der Waals surface area contributed by atoms with E-state index in [-0.39, 0.29) is 0 Å². The van der Waals surface area contributed by atoms with E-state index in [0.29, 0.717) is 5.41 Å². The van der Waals surface area contributed by atoms with E-state index < -0.39 is 0 Å². The third-order valence-electron chi connectivity index (χ3n) is 3.03. The van der Waals surface area contributed by atoms with Gasteiger partial charge in [-0.15, -0.1) is 0 Å². The number of rotatable bonds is 3. The number of hydrogen-bond donors (Lipinski definition) is 0. The Balaban J connectivity index is 2.49. The lowest BCUT2D eigenvalue weighted by molar-refractivity contribution is 0.287. The third-order valence-corrected chi connectivity index (χ3v) is 3.03. The first-order valence-electron chi connectivity index (χ1n) is 5.72. The van der Waals surface area contributed by atoms with E-state index in [1.807, 2.05) is 0 Å². The summed E-state index contributed by atoms with van der Waals surface area (Å²) in [5.74, 6) is 0.958. The van der Waals surface area contributed by atoms with Crippen LogP contribution in [0.3, 0.4) is 0 Å². The Morgan fingerprint density at radius 1 is 1.46 bits per heavy atom. The van der Waals surface area contributed by atoms with Crippen LogP contribution in [0.1, 0.15) is 59.8 Å². The molecule has 0 aromatic heterocycles. The summed E-state index contributed by atoms with van der Waals surface area (Å²) in [6.45, 7) is 9.32. The highest BCUT2D eigenvalue weighted by Gasteiger charge is 2.25. The Morgan fingerprint density at radius 3 is 2.69 bits per heavy atom. The van der Waals surface area contributed by atoms with Crippen LogP contribution in [0.4, 0.5) is 0 Å². The van der Waals surface area contributed by atoms with Crippen LogP contribution in [0.5, 0.6) is 0 Å². The van der Waals surface area contributed by atoms with E-state index in [0.717, 1.165) is 5.92 Å². The van der Waals surface area contributed by atoms with Crippen LogP contribution < -0.4 is 0 Å². The second kappa shape index (κ2) is 4.30. The van der Waals surface area contributed by atoms with Crippen molar-refractivity contribution in [2.24, 2.45) is 11.3 Å². The van der Waals surface area contributed by atoms with Gasteiger partial charge in [0.15, 0.2) is 0 Å². The van der Waals surface area contributed by atoms with Gasteiger partial charge in [0.1, 0.15) is 0 Å². The highest BCUT2D eigenvalue weighted by Crippen LogP contribution is 2.38. The number of hydrogen-bond acceptors (Lipinski definition) is 0. The second-order valence-corrected chi connectivity index (χ2v) is 5.40. The van der Waals surface area contributed by atoms with Crippen LogP contribution in [0.25, 0.3) is 0 Å². The van der Waals surface area contributed by atoms with Gasteiger partial charge in [0.05, 0.1) is 0 Å². The molecule has 0 amide bonds. The van der Waals surface area contributed by atoms with Crippen LogP contribution in [0.15, 0.2) is 11.6 Å². The highest BCUT2D eigenvalue weighted by molar-refractivity contribution is 5.10. The molecule has 0 nitrogen and oxygen atoms in total. The normalized spacial score (nSPS) is 27.1. The molecule has 1 aliphatic rings. The second-order valence-electron chi connectivity index (χ2n) is 5.40. The maximum Gasteiger partial charge on any atom is -0.0170 e. The number of allylic oxidation sites excluding steroid dienone is 2. The van der Waals surface area contributed by atoms with Gasteiger partial charge in [0.2, 0.25) is 0 Å². The molecule has 76 valence electrons. The van der Waals surface area contributed by atoms with Gasteiger partial charge in [-0.25, -0.2) is 0 Å². The van der Waals surface area contributed by atoms with Crippen molar-refractivity contribution >= 4 is 0 Å². The quantitative estimate of drug-likeness (QED) is 0.558. The van der Waals surface area contributed by atoms with Gasteiger partial charge >= 0.3 is 0 Å². The summed E-state index contributed by atoms with van der Waals surface area (Å²) in [7, 11) is 0. The fourth-order valence-electron chi connectivity index (χ4n) is 2.75. The van der Waals surface area contributed by atoms with Crippen molar-refractivity contribution in [3.63, 3.8) is 0 Å². The zero-order chi connectivity index (χ0) is 9.90. The molecule has 0 bridgehead atoms. The van der Waals surface area contributed by atoms with Gasteiger partial charge in [0.25, 0.3) is 0 Å². The van der Waals surface area contributed by atoms with Gasteiger partial charge in [0, 0.05) is 0 Å². The van der Waals surface area contributed by atoms with Crippen LogP contribution >= 0.6 is 0 Å². The molecular weight excluding hydrogens is 156 g/mol. The fraction of sp³-hybridized carbons (Fsp3) is 0.846. The molecule has 0 aromatic carbocycles. The molecule has 0 N–H and O–H groups in total. The van der Waals surface area contributed by atoms with Gasteiger partial charge in [-0.1, -0.05) is 51.7 Å². The summed E-state index contributed by atoms with van der Waals surface area (Å²) in [5.41, 5.74) is 2.07. The van der Waals surface area contributed by atoms with Gasteiger partial charge in [-0.3, -0.25) is 0 Å². The first kappa shape index (κ1) is 10.8. The summed E-state index contributed by atoms with van der Waals surface area (Å²) < 4.78 is 0. The zero-order valence-electron chi connectivity index (χ0n) is 9.69. The van der Waals surface area contributed by atoms with Crippen molar-refractivity contribution in [2.75, 3.05) is 0 Å². The molecule has 1 aliphatic carbocycles. The van der Waals surface area contributed by atoms with Gasteiger partial charge in [-0.2, -0.15) is 0 Å². The molecule has 1 atom stereocenters. The van der Waals surface area contributed by atoms with E-state index >= 15 is 0 Å². The maximum absolute atomic E-state index is 2.47. The van der Waals surface area contributed by atoms with Crippen LogP contribution in [0.2, 0.25) is 0 Å². The summed E-state index contributed by atoms with van der Waals surface area (Å²) in [6.07, 6.45) is 9.40. The molecule has 0 aliphatic heterocycles. The van der Waals surface area contributed by atoms with Crippen molar-refractivity contribution < 1.29 is 0 Å². The SMILES string of the molecule is CCCCC1CC(C)=CC(C)(C)C1. The van der Waals surface area contributed by atoms with Crippen molar-refractivity contribution in [3.05, 3.63) is 11.6 Å². The lowest BCUT2D eigenvalue weighted by atomic mass is 9.73. The standard InChI is InChI=1S/C13H24/c1-5-6-7-12-8-11(2)9-13(3,4)10-12/h9,12H,5-8,10H2,1-4H3. The highest BCUT2D eigenvalue weighted by atomic mass is 14.3. The first-order chi connectivity index (χ1) is 6.03. The van der Waals surface area contributed by atoms with Crippen LogP contribution in [-0.4, -0.2) is 0 Å². The smallest absolute Gasteiger partial charge is 0.0170 e. The van der Waals surface area contributed by atoms with Crippen LogP contribution in [-0.2, 0) is 0 Å². The Labute approximate surface area is 83.4 Å². The summed E-state index contributed by atoms with van der Waals surface area (Å²) in [5, 5.41) is 0. The minimum absolute atomic E-state index is 0.459. The Morgan fingerprint density at radius 2 is 2.15 bits per heavy atom. The molecule has 0 spiro atoms. The minimum Gasteiger partial charge on any atom is -0.0799 e. The lowest BCUT2D eigenvalue weighted by Crippen LogP contribution is -2.20. The monoisotopic (exact) mass is 180 g/mol. The molecule has 1 unspecified atom stereocenters. The van der Waals surface area contributed by atoms with Crippen molar-refractivity contribution in [1.29, 1.82) is 0 Å². The predicted octanol–water partition coefficient (Wildman–Crippen LogP) is 4.56. The molecular formula is C13H24. The average molecular weight is 180 g/mol. The van der Waals surface area contributed by atoms with E-state index in [9.17, 15) is 0 Å². The molecule has 0 saturated carbocycles. The topological polar surface area (TPSA) is 0 Å². The summed E-state index contributed by atoms with van der Waals surface area (Å²) in [6, 6.07) is 0. The zero-order valence-corrected chi connectivity index (χ0v) is 9.69. The molecule has 0 aromatic rings. The Kier molecular flexibility index (Phi) is 3.58. The third kappa shape index (κ3) is 3.54. The molecule has 0 heterocycles. The van der Waals surface area contributed by atoms with E-state index in [1.54, 1.807) is 5.57 Å². The van der Waals surface area contributed by atoms with Crippen molar-refractivity contribution in [2.45, 2.75) is 59.8 Å². The summed E-state index contributed by atoms with van der Waals surface area (Å²) in [4.78, 5) is 0. The molecule has 0 heteroatoms. The Bertz CT molecular complexity index is 186. The molecule has 1 rings (SSSR count). The minimum atomic E-state index is 0.459. The van der Waals surface area contributed by atoms with Crippen LogP contribution in [0, 0.1) is 11.3 Å². The maximum atomic E-state index is 2.47. The van der Waals surface area contributed by atoms with Crippen molar-refractivity contribution in [3.8, 4) is 0 Å². The lowest BCUT2D eigenvalue weighted by Gasteiger charge is -2.33. The molecule has 0 saturated heterocycles. The number of unbranched alkanes of at least 4 members (excludes halogenated alkanes) is 1. The predicted molar refractivity (Wildman–Crippen MR) is 59.8 cm³/mol. The van der Waals surface area contributed by atoms with Gasteiger partial charge in [-0.05, 0) is 31.1 Å². The van der Waals surface area contributed by atoms with E-state index in [2.05, 4.69) is 33.8 Å². The first-order valence-corrected chi connectivity index (χ1v) is 5.72. The fourth-order valence-corrected chi connectivity index (χ4v) is 2.75. The average Bonchev–Trinajstić information content (AvgIpc) is 1.97. The van der Waals surface area contributed by atoms with E-state index in [1.165, 1.54) is 32.1 Å². The van der Waals surface area contributed by atoms with Crippen molar-refractivity contribution in [1.82, 2.24) is 0 Å². The van der Waals surface area contributed by atoms with E-state index in [4.69, 9.17) is 0 Å². The summed E-state index contributed by atoms with van der Waals surface area (Å²) >= 11 is 0. The molecule has 0 radical (unpaired) electrons.